The van der Waals surface area contributed by atoms with Gasteiger partial charge in [0, 0.05) is 45.0 Å². The van der Waals surface area contributed by atoms with E-state index >= 15 is 0 Å². The molecule has 0 aliphatic carbocycles. The van der Waals surface area contributed by atoms with Gasteiger partial charge < -0.3 is 14.5 Å². The molecule has 31 heavy (non-hydrogen) atoms. The van der Waals surface area contributed by atoms with E-state index in [-0.39, 0.29) is 6.09 Å². The number of hydrogen-bond donors (Lipinski definition) is 0. The number of benzene rings is 1. The summed E-state index contributed by atoms with van der Waals surface area (Å²) in [6, 6.07) is 9.11. The van der Waals surface area contributed by atoms with Crippen LogP contribution in [0, 0.1) is 11.8 Å². The van der Waals surface area contributed by atoms with E-state index in [0.717, 1.165) is 64.4 Å². The number of piperazine rings is 1. The lowest BCUT2D eigenvalue weighted by Crippen LogP contribution is -2.47. The summed E-state index contributed by atoms with van der Waals surface area (Å²) in [6.07, 6.45) is 4.44. The topological polar surface area (TPSA) is 36.0 Å². The first-order chi connectivity index (χ1) is 14.7. The van der Waals surface area contributed by atoms with Crippen LogP contribution in [-0.4, -0.2) is 67.3 Å². The Balaban J connectivity index is 1.36. The van der Waals surface area contributed by atoms with Crippen LogP contribution in [0.2, 0.25) is 0 Å². The number of carbonyl (C=O) groups is 1. The van der Waals surface area contributed by atoms with Gasteiger partial charge in [-0.25, -0.2) is 4.79 Å². The van der Waals surface area contributed by atoms with E-state index in [1.165, 1.54) is 24.2 Å². The van der Waals surface area contributed by atoms with Gasteiger partial charge in [0.05, 0.1) is 0 Å². The van der Waals surface area contributed by atoms with Crippen LogP contribution < -0.4 is 4.90 Å². The summed E-state index contributed by atoms with van der Waals surface area (Å²) in [4.78, 5) is 19.3. The maximum atomic E-state index is 12.2. The molecule has 2 saturated heterocycles. The van der Waals surface area contributed by atoms with Crippen molar-refractivity contribution in [1.82, 2.24) is 9.80 Å². The van der Waals surface area contributed by atoms with Crippen LogP contribution >= 0.6 is 0 Å². The SMILES string of the molecule is CC(C)Cc1cccc(N2CCN(CCC3CCN(C(=O)OC(C)(C)C)CC3)CC2)c1. The average molecular weight is 430 g/mol. The zero-order valence-electron chi connectivity index (χ0n) is 20.4. The van der Waals surface area contributed by atoms with Gasteiger partial charge in [0.2, 0.25) is 0 Å². The summed E-state index contributed by atoms with van der Waals surface area (Å²) in [5, 5.41) is 0. The van der Waals surface area contributed by atoms with Gasteiger partial charge in [-0.15, -0.1) is 0 Å². The third-order valence-corrected chi connectivity index (χ3v) is 6.41. The van der Waals surface area contributed by atoms with Gasteiger partial charge in [0.1, 0.15) is 5.60 Å². The minimum absolute atomic E-state index is 0.153. The molecule has 0 N–H and O–H groups in total. The minimum Gasteiger partial charge on any atom is -0.444 e. The number of amides is 1. The molecule has 0 atom stereocenters. The van der Waals surface area contributed by atoms with Crippen LogP contribution in [0.5, 0.6) is 0 Å². The summed E-state index contributed by atoms with van der Waals surface area (Å²) < 4.78 is 5.51. The molecule has 0 aromatic heterocycles. The van der Waals surface area contributed by atoms with Crippen LogP contribution in [0.25, 0.3) is 0 Å². The second kappa shape index (κ2) is 10.7. The van der Waals surface area contributed by atoms with Crippen molar-refractivity contribution in [2.75, 3.05) is 50.7 Å². The van der Waals surface area contributed by atoms with Crippen molar-refractivity contribution >= 4 is 11.8 Å². The molecule has 0 saturated carbocycles. The Labute approximate surface area is 189 Å². The van der Waals surface area contributed by atoms with Crippen LogP contribution in [0.4, 0.5) is 10.5 Å². The standard InChI is InChI=1S/C26H43N3O2/c1-21(2)19-23-7-6-8-24(20-23)28-17-15-27(16-18-28)12-9-22-10-13-29(14-11-22)25(30)31-26(3,4)5/h6-8,20-22H,9-19H2,1-5H3. The van der Waals surface area contributed by atoms with Gasteiger partial charge in [0.15, 0.2) is 0 Å². The van der Waals surface area contributed by atoms with Gasteiger partial charge in [-0.3, -0.25) is 4.90 Å². The molecule has 174 valence electrons. The summed E-state index contributed by atoms with van der Waals surface area (Å²) in [6.45, 7) is 17.7. The van der Waals surface area contributed by atoms with Crippen LogP contribution in [-0.2, 0) is 11.2 Å². The maximum absolute atomic E-state index is 12.2. The second-order valence-corrected chi connectivity index (χ2v) is 10.8. The number of anilines is 1. The quantitative estimate of drug-likeness (QED) is 0.634. The monoisotopic (exact) mass is 429 g/mol. The number of rotatable bonds is 6. The Bertz CT molecular complexity index is 697. The molecule has 2 aliphatic heterocycles. The molecular formula is C26H43N3O2. The van der Waals surface area contributed by atoms with Crippen molar-refractivity contribution in [2.45, 2.75) is 65.9 Å². The van der Waals surface area contributed by atoms with Crippen molar-refractivity contribution in [3.63, 3.8) is 0 Å². The van der Waals surface area contributed by atoms with Crippen molar-refractivity contribution in [1.29, 1.82) is 0 Å². The second-order valence-electron chi connectivity index (χ2n) is 10.8. The number of ether oxygens (including phenoxy) is 1. The van der Waals surface area contributed by atoms with Crippen LogP contribution in [0.15, 0.2) is 24.3 Å². The molecule has 0 spiro atoms. The fraction of sp³-hybridized carbons (Fsp3) is 0.731. The van der Waals surface area contributed by atoms with E-state index in [4.69, 9.17) is 4.74 Å². The van der Waals surface area contributed by atoms with E-state index < -0.39 is 5.60 Å². The third kappa shape index (κ3) is 7.71. The first kappa shape index (κ1) is 23.9. The highest BCUT2D eigenvalue weighted by Gasteiger charge is 2.27. The van der Waals surface area contributed by atoms with E-state index in [9.17, 15) is 4.79 Å². The molecule has 0 radical (unpaired) electrons. The number of carbonyl (C=O) groups excluding carboxylic acids is 1. The van der Waals surface area contributed by atoms with Gasteiger partial charge in [-0.1, -0.05) is 26.0 Å². The van der Waals surface area contributed by atoms with E-state index in [2.05, 4.69) is 47.9 Å². The lowest BCUT2D eigenvalue weighted by Gasteiger charge is -2.38. The molecule has 5 nitrogen and oxygen atoms in total. The number of likely N-dealkylation sites (tertiary alicyclic amines) is 1. The molecule has 0 bridgehead atoms. The predicted molar refractivity (Wildman–Crippen MR) is 129 cm³/mol. The number of hydrogen-bond acceptors (Lipinski definition) is 4. The molecule has 2 heterocycles. The largest absolute Gasteiger partial charge is 0.444 e. The van der Waals surface area contributed by atoms with E-state index in [1.54, 1.807) is 0 Å². The summed E-state index contributed by atoms with van der Waals surface area (Å²) in [5.41, 5.74) is 2.42. The zero-order chi connectivity index (χ0) is 22.4. The highest BCUT2D eigenvalue weighted by Crippen LogP contribution is 2.24. The maximum Gasteiger partial charge on any atom is 0.410 e. The normalized spacial score (nSPS) is 19.2. The molecule has 1 amide bonds. The van der Waals surface area contributed by atoms with E-state index in [1.807, 2.05) is 25.7 Å². The predicted octanol–water partition coefficient (Wildman–Crippen LogP) is 5.04. The Morgan fingerprint density at radius 3 is 2.35 bits per heavy atom. The molecular weight excluding hydrogens is 386 g/mol. The molecule has 2 fully saturated rings. The fourth-order valence-corrected chi connectivity index (χ4v) is 4.68. The smallest absolute Gasteiger partial charge is 0.410 e. The Morgan fingerprint density at radius 2 is 1.74 bits per heavy atom. The lowest BCUT2D eigenvalue weighted by atomic mass is 9.93. The highest BCUT2D eigenvalue weighted by atomic mass is 16.6. The van der Waals surface area contributed by atoms with E-state index in [0.29, 0.717) is 5.92 Å². The van der Waals surface area contributed by atoms with Gasteiger partial charge >= 0.3 is 6.09 Å². The van der Waals surface area contributed by atoms with Crippen molar-refractivity contribution < 1.29 is 9.53 Å². The molecule has 3 rings (SSSR count). The number of piperidine rings is 1. The van der Waals surface area contributed by atoms with Gasteiger partial charge in [0.25, 0.3) is 0 Å². The summed E-state index contributed by atoms with van der Waals surface area (Å²) in [5.74, 6) is 1.42. The fourth-order valence-electron chi connectivity index (χ4n) is 4.68. The van der Waals surface area contributed by atoms with Gasteiger partial charge in [-0.05, 0) is 82.5 Å². The molecule has 1 aromatic carbocycles. The summed E-state index contributed by atoms with van der Waals surface area (Å²) >= 11 is 0. The average Bonchev–Trinajstić information content (AvgIpc) is 2.71. The van der Waals surface area contributed by atoms with Crippen LogP contribution in [0.1, 0.15) is 59.4 Å². The zero-order valence-corrected chi connectivity index (χ0v) is 20.4. The van der Waals surface area contributed by atoms with Gasteiger partial charge in [-0.2, -0.15) is 0 Å². The Hall–Kier alpha value is -1.75. The molecule has 2 aliphatic rings. The van der Waals surface area contributed by atoms with Crippen molar-refractivity contribution in [3.8, 4) is 0 Å². The third-order valence-electron chi connectivity index (χ3n) is 6.41. The first-order valence-corrected chi connectivity index (χ1v) is 12.2. The minimum atomic E-state index is -0.411. The summed E-state index contributed by atoms with van der Waals surface area (Å²) in [7, 11) is 0. The van der Waals surface area contributed by atoms with Crippen LogP contribution in [0.3, 0.4) is 0 Å². The molecule has 5 heteroatoms. The lowest BCUT2D eigenvalue weighted by molar-refractivity contribution is 0.0177. The Kier molecular flexibility index (Phi) is 8.26. The number of nitrogens with zero attached hydrogens (tertiary/aromatic N) is 3. The molecule has 0 unspecified atom stereocenters. The molecule has 1 aromatic rings. The van der Waals surface area contributed by atoms with Crippen molar-refractivity contribution in [3.05, 3.63) is 29.8 Å². The first-order valence-electron chi connectivity index (χ1n) is 12.2. The Morgan fingerprint density at radius 1 is 1.06 bits per heavy atom. The van der Waals surface area contributed by atoms with Crippen molar-refractivity contribution in [2.24, 2.45) is 11.8 Å². The highest BCUT2D eigenvalue weighted by molar-refractivity contribution is 5.68.